The number of nitrogens with two attached hydrogens (primary N) is 1. The van der Waals surface area contributed by atoms with Gasteiger partial charge in [0.05, 0.1) is 5.02 Å². The zero-order valence-electron chi connectivity index (χ0n) is 9.99. The molecule has 98 valence electrons. The Bertz CT molecular complexity index is 616. The number of primary amides is 1. The molecule has 3 N–H and O–H groups in total. The minimum Gasteiger partial charge on any atom is -0.381 e. The van der Waals surface area contributed by atoms with Gasteiger partial charge in [-0.05, 0) is 24.3 Å². The Morgan fingerprint density at radius 3 is 2.74 bits per heavy atom. The quantitative estimate of drug-likeness (QED) is 0.902. The fourth-order valence-electron chi connectivity index (χ4n) is 1.66. The van der Waals surface area contributed by atoms with Gasteiger partial charge in [-0.15, -0.1) is 0 Å². The summed E-state index contributed by atoms with van der Waals surface area (Å²) in [6.45, 7) is 0.272. The largest absolute Gasteiger partial charge is 0.381 e. The van der Waals surface area contributed by atoms with Crippen LogP contribution in [0.3, 0.4) is 0 Å². The van der Waals surface area contributed by atoms with Gasteiger partial charge in [-0.1, -0.05) is 29.8 Å². The summed E-state index contributed by atoms with van der Waals surface area (Å²) in [5.41, 5.74) is 6.74. The summed E-state index contributed by atoms with van der Waals surface area (Å²) < 4.78 is 13.7. The van der Waals surface area contributed by atoms with Gasteiger partial charge in [-0.2, -0.15) is 0 Å². The highest BCUT2D eigenvalue weighted by molar-refractivity contribution is 6.30. The van der Waals surface area contributed by atoms with E-state index in [9.17, 15) is 9.18 Å². The number of rotatable bonds is 4. The number of hydrogen-bond donors (Lipinski definition) is 2. The highest BCUT2D eigenvalue weighted by atomic mass is 35.5. The topological polar surface area (TPSA) is 55.1 Å². The average Bonchev–Trinajstić information content (AvgIpc) is 2.41. The van der Waals surface area contributed by atoms with E-state index in [0.29, 0.717) is 16.8 Å². The lowest BCUT2D eigenvalue weighted by atomic mass is 10.1. The lowest BCUT2D eigenvalue weighted by Crippen LogP contribution is -2.11. The lowest BCUT2D eigenvalue weighted by Gasteiger charge is -2.09. The van der Waals surface area contributed by atoms with Crippen LogP contribution in [0.25, 0.3) is 0 Å². The van der Waals surface area contributed by atoms with Crippen LogP contribution in [0.4, 0.5) is 10.1 Å². The third kappa shape index (κ3) is 3.23. The molecule has 5 heteroatoms. The van der Waals surface area contributed by atoms with Crippen molar-refractivity contribution in [2.24, 2.45) is 5.73 Å². The van der Waals surface area contributed by atoms with E-state index < -0.39 is 11.7 Å². The third-order valence-electron chi connectivity index (χ3n) is 2.66. The summed E-state index contributed by atoms with van der Waals surface area (Å²) in [6.07, 6.45) is 0. The van der Waals surface area contributed by atoms with Crippen molar-refractivity contribution >= 4 is 23.2 Å². The molecule has 0 bridgehead atoms. The van der Waals surface area contributed by atoms with Crippen LogP contribution >= 0.6 is 11.6 Å². The Morgan fingerprint density at radius 1 is 1.26 bits per heavy atom. The van der Waals surface area contributed by atoms with Crippen LogP contribution in [0, 0.1) is 5.82 Å². The Balaban J connectivity index is 2.12. The lowest BCUT2D eigenvalue weighted by molar-refractivity contribution is 0.100. The number of anilines is 1. The fraction of sp³-hybridized carbons (Fsp3) is 0.0714. The Hall–Kier alpha value is -2.07. The van der Waals surface area contributed by atoms with E-state index in [1.165, 1.54) is 6.07 Å². The smallest absolute Gasteiger partial charge is 0.248 e. The van der Waals surface area contributed by atoms with Gasteiger partial charge in [-0.3, -0.25) is 4.79 Å². The molecule has 0 aliphatic carbocycles. The molecule has 0 radical (unpaired) electrons. The molecule has 2 aromatic rings. The van der Waals surface area contributed by atoms with Gasteiger partial charge in [-0.25, -0.2) is 4.39 Å². The van der Waals surface area contributed by atoms with Gasteiger partial charge < -0.3 is 11.1 Å². The SMILES string of the molecule is NC(=O)c1cccc(NCc2cccc(Cl)c2F)c1. The molecule has 19 heavy (non-hydrogen) atoms. The molecule has 0 saturated heterocycles. The molecule has 2 aromatic carbocycles. The van der Waals surface area contributed by atoms with E-state index in [1.807, 2.05) is 0 Å². The second kappa shape index (κ2) is 5.71. The fourth-order valence-corrected chi connectivity index (χ4v) is 1.86. The second-order valence-corrected chi connectivity index (χ2v) is 4.42. The van der Waals surface area contributed by atoms with E-state index in [-0.39, 0.29) is 11.6 Å². The molecular formula is C14H12ClFN2O. The highest BCUT2D eigenvalue weighted by Gasteiger charge is 2.06. The molecule has 3 nitrogen and oxygen atoms in total. The van der Waals surface area contributed by atoms with E-state index in [2.05, 4.69) is 5.32 Å². The first-order chi connectivity index (χ1) is 9.08. The molecule has 0 aliphatic heterocycles. The van der Waals surface area contributed by atoms with Crippen LogP contribution < -0.4 is 11.1 Å². The number of carbonyl (C=O) groups is 1. The molecule has 0 aliphatic rings. The van der Waals surface area contributed by atoms with E-state index in [4.69, 9.17) is 17.3 Å². The van der Waals surface area contributed by atoms with Crippen LogP contribution in [0.15, 0.2) is 42.5 Å². The maximum Gasteiger partial charge on any atom is 0.248 e. The van der Waals surface area contributed by atoms with Gasteiger partial charge in [0, 0.05) is 23.4 Å². The summed E-state index contributed by atoms with van der Waals surface area (Å²) in [6, 6.07) is 11.5. The van der Waals surface area contributed by atoms with Crippen molar-refractivity contribution in [2.75, 3.05) is 5.32 Å². The number of halogens is 2. The molecule has 1 amide bonds. The monoisotopic (exact) mass is 278 g/mol. The maximum absolute atomic E-state index is 13.7. The standard InChI is InChI=1S/C14H12ClFN2O/c15-12-6-2-4-10(13(12)16)8-18-11-5-1-3-9(7-11)14(17)19/h1-7,18H,8H2,(H2,17,19). The molecule has 0 unspecified atom stereocenters. The molecule has 0 fully saturated rings. The van der Waals surface area contributed by atoms with Crippen LogP contribution in [0.5, 0.6) is 0 Å². The summed E-state index contributed by atoms with van der Waals surface area (Å²) in [5, 5.41) is 3.11. The van der Waals surface area contributed by atoms with Crippen molar-refractivity contribution in [3.05, 3.63) is 64.4 Å². The summed E-state index contributed by atoms with van der Waals surface area (Å²) in [7, 11) is 0. The summed E-state index contributed by atoms with van der Waals surface area (Å²) in [5.74, 6) is -0.944. The number of benzene rings is 2. The first-order valence-electron chi connectivity index (χ1n) is 5.64. The van der Waals surface area contributed by atoms with Crippen molar-refractivity contribution in [3.63, 3.8) is 0 Å². The number of hydrogen-bond acceptors (Lipinski definition) is 2. The molecule has 0 aromatic heterocycles. The molecule has 2 rings (SSSR count). The second-order valence-electron chi connectivity index (χ2n) is 4.01. The number of amides is 1. The van der Waals surface area contributed by atoms with Crippen molar-refractivity contribution < 1.29 is 9.18 Å². The van der Waals surface area contributed by atoms with Gasteiger partial charge >= 0.3 is 0 Å². The Morgan fingerprint density at radius 2 is 2.00 bits per heavy atom. The van der Waals surface area contributed by atoms with E-state index in [1.54, 1.807) is 36.4 Å². The Labute approximate surface area is 115 Å². The average molecular weight is 279 g/mol. The first kappa shape index (κ1) is 13.4. The van der Waals surface area contributed by atoms with Crippen molar-refractivity contribution in [1.29, 1.82) is 0 Å². The predicted molar refractivity (Wildman–Crippen MR) is 73.7 cm³/mol. The van der Waals surface area contributed by atoms with Crippen LogP contribution in [-0.2, 0) is 6.54 Å². The van der Waals surface area contributed by atoms with E-state index in [0.717, 1.165) is 0 Å². The predicted octanol–water partition coefficient (Wildman–Crippen LogP) is 3.19. The molecule has 0 spiro atoms. The van der Waals surface area contributed by atoms with Gasteiger partial charge in [0.1, 0.15) is 5.82 Å². The van der Waals surface area contributed by atoms with Crippen LogP contribution in [0.2, 0.25) is 5.02 Å². The van der Waals surface area contributed by atoms with Crippen molar-refractivity contribution in [1.82, 2.24) is 0 Å². The molecule has 0 atom stereocenters. The zero-order valence-corrected chi connectivity index (χ0v) is 10.7. The number of nitrogens with one attached hydrogen (secondary N) is 1. The maximum atomic E-state index is 13.7. The Kier molecular flexibility index (Phi) is 4.02. The van der Waals surface area contributed by atoms with Crippen molar-refractivity contribution in [3.8, 4) is 0 Å². The highest BCUT2D eigenvalue weighted by Crippen LogP contribution is 2.19. The van der Waals surface area contributed by atoms with Gasteiger partial charge in [0.25, 0.3) is 0 Å². The summed E-state index contributed by atoms with van der Waals surface area (Å²) in [4.78, 5) is 11.0. The van der Waals surface area contributed by atoms with E-state index >= 15 is 0 Å². The van der Waals surface area contributed by atoms with Crippen LogP contribution in [-0.4, -0.2) is 5.91 Å². The minimum atomic E-state index is -0.502. The number of carbonyl (C=O) groups excluding carboxylic acids is 1. The summed E-state index contributed by atoms with van der Waals surface area (Å²) >= 11 is 5.70. The van der Waals surface area contributed by atoms with Crippen LogP contribution in [0.1, 0.15) is 15.9 Å². The van der Waals surface area contributed by atoms with Gasteiger partial charge in [0.2, 0.25) is 5.91 Å². The molecular weight excluding hydrogens is 267 g/mol. The molecule has 0 saturated carbocycles. The molecule has 0 heterocycles. The first-order valence-corrected chi connectivity index (χ1v) is 6.02. The minimum absolute atomic E-state index is 0.0881. The third-order valence-corrected chi connectivity index (χ3v) is 2.95. The normalized spacial score (nSPS) is 10.2. The zero-order chi connectivity index (χ0) is 13.8. The van der Waals surface area contributed by atoms with Gasteiger partial charge in [0.15, 0.2) is 0 Å². The van der Waals surface area contributed by atoms with Crippen molar-refractivity contribution in [2.45, 2.75) is 6.54 Å².